The van der Waals surface area contributed by atoms with Gasteiger partial charge in [0.1, 0.15) is 18.0 Å². The number of pyridine rings is 1. The first kappa shape index (κ1) is 24.6. The summed E-state index contributed by atoms with van der Waals surface area (Å²) in [7, 11) is 2.01. The van der Waals surface area contributed by atoms with Gasteiger partial charge in [-0.05, 0) is 67.3 Å². The van der Waals surface area contributed by atoms with E-state index in [-0.39, 0.29) is 6.04 Å². The van der Waals surface area contributed by atoms with E-state index in [0.717, 1.165) is 39.9 Å². The molecule has 1 atom stereocenters. The quantitative estimate of drug-likeness (QED) is 0.340. The number of hydrogen-bond acceptors (Lipinski definition) is 7. The molecule has 0 radical (unpaired) electrons. The Morgan fingerprint density at radius 2 is 1.92 bits per heavy atom. The minimum Gasteiger partial charge on any atom is -0.465 e. The summed E-state index contributed by atoms with van der Waals surface area (Å²) in [6.45, 7) is 5.64. The monoisotopic (exact) mass is 522 g/mol. The maximum Gasteiger partial charge on any atom is 0.407 e. The molecule has 1 aliphatic heterocycles. The zero-order valence-electron chi connectivity index (χ0n) is 22.2. The lowest BCUT2D eigenvalue weighted by atomic mass is 9.99. The first-order valence-corrected chi connectivity index (χ1v) is 13.0. The summed E-state index contributed by atoms with van der Waals surface area (Å²) in [5.74, 6) is 1.49. The molecule has 1 aliphatic rings. The molecule has 5 aromatic rings. The third kappa shape index (κ3) is 4.81. The number of aryl methyl sites for hydroxylation is 2. The molecule has 198 valence electrons. The number of aromatic nitrogens is 5. The highest BCUT2D eigenvalue weighted by Crippen LogP contribution is 2.28. The van der Waals surface area contributed by atoms with Crippen LogP contribution in [0.1, 0.15) is 23.6 Å². The largest absolute Gasteiger partial charge is 0.465 e. The third-order valence-corrected chi connectivity index (χ3v) is 7.49. The van der Waals surface area contributed by atoms with Gasteiger partial charge >= 0.3 is 6.09 Å². The fraction of sp³-hybridized carbons (Fsp3) is 0.276. The van der Waals surface area contributed by atoms with E-state index in [9.17, 15) is 9.90 Å². The Morgan fingerprint density at radius 3 is 2.72 bits per heavy atom. The fourth-order valence-corrected chi connectivity index (χ4v) is 5.29. The van der Waals surface area contributed by atoms with Gasteiger partial charge in [0.05, 0.1) is 29.1 Å². The number of benzene rings is 2. The summed E-state index contributed by atoms with van der Waals surface area (Å²) in [6.07, 6.45) is 5.07. The summed E-state index contributed by atoms with van der Waals surface area (Å²) >= 11 is 0. The number of rotatable bonds is 5. The average molecular weight is 523 g/mol. The number of piperazine rings is 1. The highest BCUT2D eigenvalue weighted by molar-refractivity contribution is 5.92. The summed E-state index contributed by atoms with van der Waals surface area (Å²) in [5, 5.41) is 13.7. The normalized spacial score (nSPS) is 15.7. The number of nitrogens with one attached hydrogen (secondary N) is 1. The van der Waals surface area contributed by atoms with E-state index in [4.69, 9.17) is 0 Å². The highest BCUT2D eigenvalue weighted by atomic mass is 16.4. The second-order valence-corrected chi connectivity index (χ2v) is 10.2. The number of anilines is 3. The van der Waals surface area contributed by atoms with Crippen molar-refractivity contribution in [3.05, 3.63) is 78.0 Å². The molecule has 4 heterocycles. The summed E-state index contributed by atoms with van der Waals surface area (Å²) in [4.78, 5) is 33.0. The van der Waals surface area contributed by atoms with Gasteiger partial charge in [0, 0.05) is 43.8 Å². The molecule has 2 aromatic carbocycles. The van der Waals surface area contributed by atoms with Gasteiger partial charge < -0.3 is 24.8 Å². The second kappa shape index (κ2) is 9.86. The molecule has 1 amide bonds. The minimum atomic E-state index is -0.885. The maximum absolute atomic E-state index is 11.4. The van der Waals surface area contributed by atoms with Gasteiger partial charge in [0.25, 0.3) is 0 Å². The first-order chi connectivity index (χ1) is 18.9. The lowest BCUT2D eigenvalue weighted by Crippen LogP contribution is -2.53. The number of carbonyl (C=O) groups is 1. The topological polar surface area (TPSA) is 112 Å². The van der Waals surface area contributed by atoms with Crippen LogP contribution >= 0.6 is 0 Å². The molecule has 0 aliphatic carbocycles. The van der Waals surface area contributed by atoms with Gasteiger partial charge in [-0.1, -0.05) is 12.1 Å². The molecule has 39 heavy (non-hydrogen) atoms. The Balaban J connectivity index is 1.22. The van der Waals surface area contributed by atoms with Gasteiger partial charge in [0.15, 0.2) is 0 Å². The molecule has 2 N–H and O–H groups in total. The number of carboxylic acid groups (broad SMARTS) is 1. The van der Waals surface area contributed by atoms with Crippen molar-refractivity contribution in [3.63, 3.8) is 0 Å². The van der Waals surface area contributed by atoms with E-state index in [2.05, 4.69) is 73.5 Å². The molecule has 0 spiro atoms. The summed E-state index contributed by atoms with van der Waals surface area (Å²) in [6, 6.07) is 14.7. The van der Waals surface area contributed by atoms with Crippen molar-refractivity contribution in [2.45, 2.75) is 26.3 Å². The van der Waals surface area contributed by atoms with Crippen molar-refractivity contribution < 1.29 is 9.90 Å². The molecule has 0 bridgehead atoms. The summed E-state index contributed by atoms with van der Waals surface area (Å²) in [5.41, 5.74) is 7.49. The number of imidazole rings is 1. The number of nitrogens with zero attached hydrogens (tertiary/aromatic N) is 7. The second-order valence-electron chi connectivity index (χ2n) is 10.2. The van der Waals surface area contributed by atoms with Crippen molar-refractivity contribution in [2.75, 3.05) is 29.9 Å². The zero-order valence-corrected chi connectivity index (χ0v) is 22.2. The van der Waals surface area contributed by atoms with Crippen LogP contribution in [0.3, 0.4) is 0 Å². The van der Waals surface area contributed by atoms with E-state index in [1.54, 1.807) is 6.20 Å². The van der Waals surface area contributed by atoms with E-state index in [0.29, 0.717) is 25.5 Å². The average Bonchev–Trinajstić information content (AvgIpc) is 3.29. The minimum absolute atomic E-state index is 0.120. The Kier molecular flexibility index (Phi) is 6.22. The molecule has 0 saturated carbocycles. The SMILES string of the molecule is Cc1cc(Nc2ncnc3cnc(N4CCN(C(=O)O)C(C)C4)cc23)ccc1Cc1ccc2c(c1)ncn2C. The van der Waals surface area contributed by atoms with Crippen LogP contribution in [0.4, 0.5) is 22.1 Å². The molecular weight excluding hydrogens is 492 g/mol. The van der Waals surface area contributed by atoms with E-state index >= 15 is 0 Å². The van der Waals surface area contributed by atoms with Gasteiger partial charge in [-0.25, -0.2) is 24.7 Å². The van der Waals surface area contributed by atoms with Crippen molar-refractivity contribution in [2.24, 2.45) is 7.05 Å². The van der Waals surface area contributed by atoms with Crippen LogP contribution in [0.2, 0.25) is 0 Å². The van der Waals surface area contributed by atoms with Crippen molar-refractivity contribution in [1.82, 2.24) is 29.4 Å². The van der Waals surface area contributed by atoms with Gasteiger partial charge in [-0.15, -0.1) is 0 Å². The smallest absolute Gasteiger partial charge is 0.407 e. The van der Waals surface area contributed by atoms with Gasteiger partial charge in [0.2, 0.25) is 0 Å². The zero-order chi connectivity index (χ0) is 27.1. The molecular formula is C29H30N8O2. The van der Waals surface area contributed by atoms with Gasteiger partial charge in [-0.2, -0.15) is 0 Å². The van der Waals surface area contributed by atoms with E-state index in [1.165, 1.54) is 27.9 Å². The number of fused-ring (bicyclic) bond motifs is 2. The molecule has 3 aromatic heterocycles. The number of hydrogen-bond donors (Lipinski definition) is 2. The Hall–Kier alpha value is -4.73. The molecule has 1 fully saturated rings. The first-order valence-electron chi connectivity index (χ1n) is 13.0. The van der Waals surface area contributed by atoms with Crippen LogP contribution in [0.5, 0.6) is 0 Å². The van der Waals surface area contributed by atoms with Crippen LogP contribution in [-0.4, -0.2) is 66.3 Å². The highest BCUT2D eigenvalue weighted by Gasteiger charge is 2.28. The predicted molar refractivity (Wildman–Crippen MR) is 152 cm³/mol. The Morgan fingerprint density at radius 1 is 1.05 bits per heavy atom. The van der Waals surface area contributed by atoms with Crippen molar-refractivity contribution in [1.29, 1.82) is 0 Å². The predicted octanol–water partition coefficient (Wildman–Crippen LogP) is 4.74. The van der Waals surface area contributed by atoms with Crippen LogP contribution in [0.15, 0.2) is 61.3 Å². The lowest BCUT2D eigenvalue weighted by Gasteiger charge is -2.38. The molecule has 1 saturated heterocycles. The van der Waals surface area contributed by atoms with Crippen LogP contribution < -0.4 is 10.2 Å². The fourth-order valence-electron chi connectivity index (χ4n) is 5.29. The Bertz CT molecular complexity index is 1700. The number of amides is 1. The molecule has 10 heteroatoms. The molecule has 10 nitrogen and oxygen atoms in total. The maximum atomic E-state index is 11.4. The van der Waals surface area contributed by atoms with Crippen molar-refractivity contribution in [3.8, 4) is 0 Å². The van der Waals surface area contributed by atoms with Crippen LogP contribution in [0.25, 0.3) is 21.9 Å². The Labute approximate surface area is 226 Å². The van der Waals surface area contributed by atoms with Crippen LogP contribution in [0, 0.1) is 6.92 Å². The van der Waals surface area contributed by atoms with Crippen molar-refractivity contribution >= 4 is 45.4 Å². The summed E-state index contributed by atoms with van der Waals surface area (Å²) < 4.78 is 2.03. The van der Waals surface area contributed by atoms with Crippen LogP contribution in [-0.2, 0) is 13.5 Å². The standard InChI is InChI=1S/C29H30N8O2/c1-18-10-22(6-5-21(18)11-20-4-7-26-24(12-20)33-17-35(26)3)34-28-23-13-27(30-14-25(23)31-16-32-28)36-8-9-37(29(38)39)19(2)15-36/h4-7,10,12-14,16-17,19H,8-9,11,15H2,1-3H3,(H,38,39)(H,31,32,34). The lowest BCUT2D eigenvalue weighted by molar-refractivity contribution is 0.122. The van der Waals surface area contributed by atoms with E-state index < -0.39 is 6.09 Å². The van der Waals surface area contributed by atoms with E-state index in [1.807, 2.05) is 30.9 Å². The van der Waals surface area contributed by atoms with Gasteiger partial charge in [-0.3, -0.25) is 0 Å². The third-order valence-electron chi connectivity index (χ3n) is 7.49. The molecule has 6 rings (SSSR count). The molecule has 1 unspecified atom stereocenters.